The first-order valence-corrected chi connectivity index (χ1v) is 7.78. The van der Waals surface area contributed by atoms with Crippen molar-refractivity contribution in [2.75, 3.05) is 0 Å². The number of para-hydroxylation sites is 2. The summed E-state index contributed by atoms with van der Waals surface area (Å²) in [6, 6.07) is 15.9. The number of phenolic OH excluding ortho intramolecular Hbond substituents is 2. The average molecular weight is 359 g/mol. The predicted octanol–water partition coefficient (Wildman–Crippen LogP) is 5.19. The first-order valence-electron chi connectivity index (χ1n) is 7.02. The van der Waals surface area contributed by atoms with Gasteiger partial charge in [-0.25, -0.2) is 4.98 Å². The molecule has 0 atom stereocenters. The van der Waals surface area contributed by atoms with Gasteiger partial charge in [0.05, 0.1) is 5.02 Å². The first-order chi connectivity index (χ1) is 11.6. The average Bonchev–Trinajstić information content (AvgIpc) is 2.58. The number of aromatic nitrogens is 2. The van der Waals surface area contributed by atoms with Gasteiger partial charge in [-0.1, -0.05) is 53.5 Å². The van der Waals surface area contributed by atoms with Crippen LogP contribution in [0.2, 0.25) is 10.2 Å². The van der Waals surface area contributed by atoms with Crippen LogP contribution in [0.25, 0.3) is 21.8 Å². The molecular weight excluding hydrogens is 347 g/mol. The van der Waals surface area contributed by atoms with Gasteiger partial charge in [0.2, 0.25) is 0 Å². The van der Waals surface area contributed by atoms with Crippen LogP contribution < -0.4 is 0 Å². The van der Waals surface area contributed by atoms with Crippen molar-refractivity contribution in [1.82, 2.24) is 9.97 Å². The van der Waals surface area contributed by atoms with E-state index in [4.69, 9.17) is 23.2 Å². The lowest BCUT2D eigenvalue weighted by Gasteiger charge is -2.01. The Labute approximate surface area is 147 Å². The van der Waals surface area contributed by atoms with Crippen molar-refractivity contribution in [3.05, 3.63) is 71.0 Å². The number of nitrogens with zero attached hydrogens (tertiary/aromatic N) is 2. The highest BCUT2D eigenvalue weighted by atomic mass is 35.5. The van der Waals surface area contributed by atoms with Crippen molar-refractivity contribution >= 4 is 45.0 Å². The molecular formula is C18H12Cl2N2O2. The quantitative estimate of drug-likeness (QED) is 0.424. The van der Waals surface area contributed by atoms with Crippen molar-refractivity contribution in [3.8, 4) is 11.5 Å². The fourth-order valence-corrected chi connectivity index (χ4v) is 2.52. The van der Waals surface area contributed by atoms with Gasteiger partial charge in [0.1, 0.15) is 27.7 Å². The number of hydrogen-bond acceptors (Lipinski definition) is 4. The third-order valence-corrected chi connectivity index (χ3v) is 4.02. The molecule has 0 aliphatic heterocycles. The molecule has 2 aromatic carbocycles. The van der Waals surface area contributed by atoms with Gasteiger partial charge < -0.3 is 10.2 Å². The Morgan fingerprint density at radius 1 is 0.750 bits per heavy atom. The zero-order valence-corrected chi connectivity index (χ0v) is 13.8. The maximum atomic E-state index is 9.42. The summed E-state index contributed by atoms with van der Waals surface area (Å²) in [4.78, 5) is 7.99. The van der Waals surface area contributed by atoms with E-state index >= 15 is 0 Å². The number of phenols is 2. The number of halogens is 2. The third kappa shape index (κ3) is 3.35. The zero-order chi connectivity index (χ0) is 17.1. The first kappa shape index (κ1) is 16.3. The third-order valence-electron chi connectivity index (χ3n) is 3.35. The van der Waals surface area contributed by atoms with Crippen LogP contribution in [0.4, 0.5) is 0 Å². The predicted molar refractivity (Wildman–Crippen MR) is 96.8 cm³/mol. The standard InChI is InChI=1S/C9H5Cl2NO.C9H7NO/c10-6-4-5-2-1-3-7(13)8(5)12-9(6)11;11-8-5-1-3-7-4-2-6-10-9(7)8/h1-4,13H;1-6,11H. The number of fused-ring (bicyclic) bond motifs is 2. The Morgan fingerprint density at radius 3 is 2.08 bits per heavy atom. The second-order valence-corrected chi connectivity index (χ2v) is 5.73. The second-order valence-electron chi connectivity index (χ2n) is 4.96. The smallest absolute Gasteiger partial charge is 0.148 e. The fourth-order valence-electron chi connectivity index (χ4n) is 2.22. The van der Waals surface area contributed by atoms with Crippen molar-refractivity contribution in [3.63, 3.8) is 0 Å². The molecule has 0 saturated carbocycles. The molecule has 0 bridgehead atoms. The van der Waals surface area contributed by atoms with E-state index in [2.05, 4.69) is 9.97 Å². The summed E-state index contributed by atoms with van der Waals surface area (Å²) >= 11 is 11.5. The molecule has 0 amide bonds. The molecule has 0 saturated heterocycles. The van der Waals surface area contributed by atoms with Gasteiger partial charge in [-0.3, -0.25) is 4.98 Å². The van der Waals surface area contributed by atoms with E-state index < -0.39 is 0 Å². The highest BCUT2D eigenvalue weighted by Crippen LogP contribution is 2.28. The van der Waals surface area contributed by atoms with Crippen LogP contribution in [-0.4, -0.2) is 20.2 Å². The van der Waals surface area contributed by atoms with Gasteiger partial charge in [0, 0.05) is 17.0 Å². The van der Waals surface area contributed by atoms with Crippen LogP contribution in [0.5, 0.6) is 11.5 Å². The lowest BCUT2D eigenvalue weighted by molar-refractivity contribution is 0.480. The van der Waals surface area contributed by atoms with E-state index in [1.165, 1.54) is 0 Å². The molecule has 0 spiro atoms. The molecule has 4 nitrogen and oxygen atoms in total. The van der Waals surface area contributed by atoms with E-state index in [0.29, 0.717) is 16.1 Å². The van der Waals surface area contributed by atoms with E-state index in [0.717, 1.165) is 10.8 Å². The summed E-state index contributed by atoms with van der Waals surface area (Å²) in [6.45, 7) is 0. The molecule has 24 heavy (non-hydrogen) atoms. The molecule has 0 aliphatic carbocycles. The van der Waals surface area contributed by atoms with Gasteiger partial charge in [0.25, 0.3) is 0 Å². The molecule has 6 heteroatoms. The van der Waals surface area contributed by atoms with Crippen molar-refractivity contribution in [1.29, 1.82) is 0 Å². The largest absolute Gasteiger partial charge is 0.506 e. The Morgan fingerprint density at radius 2 is 1.38 bits per heavy atom. The number of hydrogen-bond donors (Lipinski definition) is 2. The van der Waals surface area contributed by atoms with Crippen molar-refractivity contribution in [2.24, 2.45) is 0 Å². The van der Waals surface area contributed by atoms with E-state index in [1.807, 2.05) is 24.3 Å². The molecule has 2 N–H and O–H groups in total. The van der Waals surface area contributed by atoms with E-state index in [9.17, 15) is 10.2 Å². The number of rotatable bonds is 0. The van der Waals surface area contributed by atoms with Gasteiger partial charge in [-0.2, -0.15) is 0 Å². The second kappa shape index (κ2) is 6.91. The minimum absolute atomic E-state index is 0.107. The van der Waals surface area contributed by atoms with Crippen molar-refractivity contribution in [2.45, 2.75) is 0 Å². The molecule has 120 valence electrons. The molecule has 4 rings (SSSR count). The Bertz CT molecular complexity index is 1020. The monoisotopic (exact) mass is 358 g/mol. The van der Waals surface area contributed by atoms with Crippen LogP contribution in [0.15, 0.2) is 60.8 Å². The summed E-state index contributed by atoms with van der Waals surface area (Å²) in [5.41, 5.74) is 1.13. The lowest BCUT2D eigenvalue weighted by atomic mass is 10.2. The van der Waals surface area contributed by atoms with Crippen LogP contribution >= 0.6 is 23.2 Å². The minimum atomic E-state index is 0.107. The topological polar surface area (TPSA) is 66.2 Å². The summed E-state index contributed by atoms with van der Waals surface area (Å²) in [7, 11) is 0. The molecule has 0 fully saturated rings. The highest BCUT2D eigenvalue weighted by molar-refractivity contribution is 6.41. The molecule has 0 radical (unpaired) electrons. The van der Waals surface area contributed by atoms with E-state index in [1.54, 1.807) is 36.5 Å². The fraction of sp³-hybridized carbons (Fsp3) is 0. The summed E-state index contributed by atoms with van der Waals surface area (Å²) in [6.07, 6.45) is 1.67. The van der Waals surface area contributed by atoms with Crippen molar-refractivity contribution < 1.29 is 10.2 Å². The summed E-state index contributed by atoms with van der Waals surface area (Å²) in [5.74, 6) is 0.346. The normalized spacial score (nSPS) is 10.4. The molecule has 0 aliphatic rings. The maximum Gasteiger partial charge on any atom is 0.148 e. The molecule has 4 aromatic rings. The Hall–Kier alpha value is -2.56. The Kier molecular flexibility index (Phi) is 4.69. The van der Waals surface area contributed by atoms with Gasteiger partial charge >= 0.3 is 0 Å². The van der Waals surface area contributed by atoms with Gasteiger partial charge in [-0.15, -0.1) is 0 Å². The molecule has 2 heterocycles. The van der Waals surface area contributed by atoms with Gasteiger partial charge in [-0.05, 0) is 24.3 Å². The number of pyridine rings is 2. The van der Waals surface area contributed by atoms with E-state index in [-0.39, 0.29) is 16.7 Å². The van der Waals surface area contributed by atoms with Crippen LogP contribution in [0, 0.1) is 0 Å². The maximum absolute atomic E-state index is 9.42. The summed E-state index contributed by atoms with van der Waals surface area (Å²) in [5, 5.41) is 21.1. The Balaban J connectivity index is 0.000000143. The SMILES string of the molecule is Oc1cccc2cc(Cl)c(Cl)nc12.Oc1cccc2cccnc12. The van der Waals surface area contributed by atoms with Crippen LogP contribution in [0.3, 0.4) is 0 Å². The molecule has 0 unspecified atom stereocenters. The zero-order valence-electron chi connectivity index (χ0n) is 12.3. The van der Waals surface area contributed by atoms with Crippen LogP contribution in [-0.2, 0) is 0 Å². The number of aromatic hydroxyl groups is 2. The minimum Gasteiger partial charge on any atom is -0.506 e. The van der Waals surface area contributed by atoms with Gasteiger partial charge in [0.15, 0.2) is 0 Å². The highest BCUT2D eigenvalue weighted by Gasteiger charge is 2.05. The summed E-state index contributed by atoms with van der Waals surface area (Å²) < 4.78 is 0. The van der Waals surface area contributed by atoms with Crippen LogP contribution in [0.1, 0.15) is 0 Å². The number of benzene rings is 2. The lowest BCUT2D eigenvalue weighted by Crippen LogP contribution is -1.81. The molecule has 2 aromatic heterocycles.